The molecule has 6 nitrogen and oxygen atoms in total. The summed E-state index contributed by atoms with van der Waals surface area (Å²) in [6.07, 6.45) is 5.61. The summed E-state index contributed by atoms with van der Waals surface area (Å²) in [5.41, 5.74) is 1.24. The zero-order chi connectivity index (χ0) is 20.5. The zero-order valence-corrected chi connectivity index (χ0v) is 17.8. The zero-order valence-electron chi connectivity index (χ0n) is 17.8. The van der Waals surface area contributed by atoms with Crippen molar-refractivity contribution in [3.05, 3.63) is 35.9 Å². The molecule has 6 heteroatoms. The minimum atomic E-state index is -0.130. The maximum absolute atomic E-state index is 12.6. The van der Waals surface area contributed by atoms with Gasteiger partial charge < -0.3 is 10.2 Å². The summed E-state index contributed by atoms with van der Waals surface area (Å²) in [7, 11) is 0. The molecule has 160 valence electrons. The molecule has 1 atom stereocenters. The highest BCUT2D eigenvalue weighted by Crippen LogP contribution is 2.12. The van der Waals surface area contributed by atoms with E-state index in [9.17, 15) is 9.59 Å². The molecule has 3 rings (SSSR count). The van der Waals surface area contributed by atoms with Gasteiger partial charge in [-0.15, -0.1) is 0 Å². The first kappa shape index (κ1) is 21.8. The highest BCUT2D eigenvalue weighted by Gasteiger charge is 2.27. The Bertz CT molecular complexity index is 636. The van der Waals surface area contributed by atoms with Crippen LogP contribution in [0.2, 0.25) is 0 Å². The smallest absolute Gasteiger partial charge is 0.237 e. The van der Waals surface area contributed by atoms with Crippen LogP contribution in [-0.4, -0.2) is 84.9 Å². The molecule has 2 amide bonds. The largest absolute Gasteiger partial charge is 0.354 e. The number of benzene rings is 1. The van der Waals surface area contributed by atoms with Gasteiger partial charge in [0.1, 0.15) is 0 Å². The van der Waals surface area contributed by atoms with E-state index in [-0.39, 0.29) is 17.9 Å². The molecule has 1 N–H and O–H groups in total. The molecule has 0 aliphatic carbocycles. The Morgan fingerprint density at radius 1 is 0.931 bits per heavy atom. The van der Waals surface area contributed by atoms with Gasteiger partial charge in [-0.1, -0.05) is 43.2 Å². The van der Waals surface area contributed by atoms with E-state index < -0.39 is 0 Å². The number of rotatable bonds is 7. The molecule has 2 fully saturated rings. The predicted molar refractivity (Wildman–Crippen MR) is 116 cm³/mol. The second kappa shape index (κ2) is 11.3. The van der Waals surface area contributed by atoms with Gasteiger partial charge in [-0.2, -0.15) is 0 Å². The summed E-state index contributed by atoms with van der Waals surface area (Å²) in [6, 6.07) is 10.1. The summed E-state index contributed by atoms with van der Waals surface area (Å²) in [6.45, 7) is 8.36. The van der Waals surface area contributed by atoms with E-state index in [2.05, 4.69) is 27.2 Å². The van der Waals surface area contributed by atoms with Gasteiger partial charge in [0, 0.05) is 45.8 Å². The molecule has 0 unspecified atom stereocenters. The second-order valence-corrected chi connectivity index (χ2v) is 8.31. The van der Waals surface area contributed by atoms with E-state index >= 15 is 0 Å². The van der Waals surface area contributed by atoms with E-state index in [1.54, 1.807) is 0 Å². The molecule has 0 bridgehead atoms. The first-order chi connectivity index (χ1) is 14.1. The van der Waals surface area contributed by atoms with Gasteiger partial charge in [-0.25, -0.2) is 0 Å². The SMILES string of the molecule is C[C@@H](C(=O)NCCc1ccccc1)N1CCN(CC(=O)N2CCCCCC2)CC1. The number of piperazine rings is 1. The van der Waals surface area contributed by atoms with Crippen molar-refractivity contribution >= 4 is 11.8 Å². The highest BCUT2D eigenvalue weighted by atomic mass is 16.2. The fourth-order valence-corrected chi connectivity index (χ4v) is 4.21. The fourth-order valence-electron chi connectivity index (χ4n) is 4.21. The minimum absolute atomic E-state index is 0.0926. The number of nitrogens with zero attached hydrogens (tertiary/aromatic N) is 3. The molecule has 0 spiro atoms. The van der Waals surface area contributed by atoms with Crippen LogP contribution in [0.15, 0.2) is 30.3 Å². The lowest BCUT2D eigenvalue weighted by molar-refractivity contribution is -0.133. The summed E-state index contributed by atoms with van der Waals surface area (Å²) in [4.78, 5) is 31.6. The van der Waals surface area contributed by atoms with Crippen LogP contribution < -0.4 is 5.32 Å². The Morgan fingerprint density at radius 3 is 2.24 bits per heavy atom. The monoisotopic (exact) mass is 400 g/mol. The van der Waals surface area contributed by atoms with Crippen molar-refractivity contribution in [3.8, 4) is 0 Å². The van der Waals surface area contributed by atoms with E-state index in [0.29, 0.717) is 13.1 Å². The standard InChI is InChI=1S/C23H36N4O2/c1-20(23(29)24-12-11-21-9-5-4-6-10-21)26-17-15-25(16-18-26)19-22(28)27-13-7-2-3-8-14-27/h4-6,9-10,20H,2-3,7-8,11-19H2,1H3,(H,24,29)/t20-/m0/s1. The molecule has 2 saturated heterocycles. The quantitative estimate of drug-likeness (QED) is 0.758. The number of likely N-dealkylation sites (tertiary alicyclic amines) is 1. The molecule has 29 heavy (non-hydrogen) atoms. The third-order valence-corrected chi connectivity index (χ3v) is 6.21. The molecule has 2 aliphatic heterocycles. The van der Waals surface area contributed by atoms with Gasteiger partial charge in [-0.3, -0.25) is 19.4 Å². The van der Waals surface area contributed by atoms with Crippen LogP contribution in [0.25, 0.3) is 0 Å². The molecule has 0 radical (unpaired) electrons. The summed E-state index contributed by atoms with van der Waals surface area (Å²) >= 11 is 0. The Balaban J connectivity index is 1.35. The Hall–Kier alpha value is -1.92. The van der Waals surface area contributed by atoms with Gasteiger partial charge in [0.05, 0.1) is 12.6 Å². The van der Waals surface area contributed by atoms with Crippen molar-refractivity contribution in [1.82, 2.24) is 20.0 Å². The number of carbonyl (C=O) groups is 2. The first-order valence-electron chi connectivity index (χ1n) is 11.2. The molecular weight excluding hydrogens is 364 g/mol. The first-order valence-corrected chi connectivity index (χ1v) is 11.2. The predicted octanol–water partition coefficient (Wildman–Crippen LogP) is 1.75. The summed E-state index contributed by atoms with van der Waals surface area (Å²) in [5, 5.41) is 3.07. The molecule has 1 aromatic rings. The summed E-state index contributed by atoms with van der Waals surface area (Å²) < 4.78 is 0. The van der Waals surface area contributed by atoms with Gasteiger partial charge in [-0.05, 0) is 31.7 Å². The third kappa shape index (κ3) is 6.82. The Kier molecular flexibility index (Phi) is 8.50. The van der Waals surface area contributed by atoms with Crippen LogP contribution >= 0.6 is 0 Å². The molecule has 0 aromatic heterocycles. The van der Waals surface area contributed by atoms with E-state index in [0.717, 1.165) is 58.5 Å². The van der Waals surface area contributed by atoms with E-state index in [1.165, 1.54) is 18.4 Å². The van der Waals surface area contributed by atoms with Crippen molar-refractivity contribution in [2.24, 2.45) is 0 Å². The average molecular weight is 401 g/mol. The lowest BCUT2D eigenvalue weighted by atomic mass is 10.1. The van der Waals surface area contributed by atoms with Crippen LogP contribution in [0.4, 0.5) is 0 Å². The number of nitrogens with one attached hydrogen (secondary N) is 1. The van der Waals surface area contributed by atoms with Gasteiger partial charge in [0.2, 0.25) is 11.8 Å². The minimum Gasteiger partial charge on any atom is -0.354 e. The maximum Gasteiger partial charge on any atom is 0.237 e. The number of carbonyl (C=O) groups excluding carboxylic acids is 2. The van der Waals surface area contributed by atoms with Gasteiger partial charge in [0.25, 0.3) is 0 Å². The van der Waals surface area contributed by atoms with Crippen molar-refractivity contribution in [2.75, 3.05) is 52.4 Å². The van der Waals surface area contributed by atoms with Crippen LogP contribution in [0.1, 0.15) is 38.2 Å². The fraction of sp³-hybridized carbons (Fsp3) is 0.652. The topological polar surface area (TPSA) is 55.9 Å². The molecule has 0 saturated carbocycles. The highest BCUT2D eigenvalue weighted by molar-refractivity contribution is 5.81. The van der Waals surface area contributed by atoms with E-state index in [1.807, 2.05) is 30.0 Å². The third-order valence-electron chi connectivity index (χ3n) is 6.21. The van der Waals surface area contributed by atoms with Gasteiger partial charge >= 0.3 is 0 Å². The van der Waals surface area contributed by atoms with E-state index in [4.69, 9.17) is 0 Å². The Labute approximate surface area is 175 Å². The van der Waals surface area contributed by atoms with Crippen molar-refractivity contribution in [2.45, 2.75) is 45.1 Å². The van der Waals surface area contributed by atoms with Crippen LogP contribution in [0.3, 0.4) is 0 Å². The number of hydrogen-bond donors (Lipinski definition) is 1. The molecule has 2 aliphatic rings. The van der Waals surface area contributed by atoms with Crippen LogP contribution in [0.5, 0.6) is 0 Å². The normalized spacial score (nSPS) is 20.1. The van der Waals surface area contributed by atoms with Crippen molar-refractivity contribution < 1.29 is 9.59 Å². The van der Waals surface area contributed by atoms with Crippen LogP contribution in [-0.2, 0) is 16.0 Å². The van der Waals surface area contributed by atoms with Crippen LogP contribution in [0, 0.1) is 0 Å². The van der Waals surface area contributed by atoms with Gasteiger partial charge in [0.15, 0.2) is 0 Å². The lowest BCUT2D eigenvalue weighted by Crippen LogP contribution is -2.55. The molecule has 2 heterocycles. The lowest BCUT2D eigenvalue weighted by Gasteiger charge is -2.37. The number of hydrogen-bond acceptors (Lipinski definition) is 4. The second-order valence-electron chi connectivity index (χ2n) is 8.31. The number of amides is 2. The Morgan fingerprint density at radius 2 is 1.59 bits per heavy atom. The molecular formula is C23H36N4O2. The maximum atomic E-state index is 12.6. The molecule has 1 aromatic carbocycles. The summed E-state index contributed by atoms with van der Waals surface area (Å²) in [5.74, 6) is 0.363. The van der Waals surface area contributed by atoms with Crippen molar-refractivity contribution in [1.29, 1.82) is 0 Å². The average Bonchev–Trinajstić information content (AvgIpc) is 3.04. The van der Waals surface area contributed by atoms with Crippen molar-refractivity contribution in [3.63, 3.8) is 0 Å².